The average Bonchev–Trinajstić information content (AvgIpc) is 2.76. The van der Waals surface area contributed by atoms with Crippen LogP contribution in [0.25, 0.3) is 0 Å². The third-order valence-electron chi connectivity index (χ3n) is 1.97. The van der Waals surface area contributed by atoms with Crippen molar-refractivity contribution >= 4 is 11.6 Å². The summed E-state index contributed by atoms with van der Waals surface area (Å²) in [6.45, 7) is 1.42. The summed E-state index contributed by atoms with van der Waals surface area (Å²) in [5.74, 6) is -1.17. The lowest BCUT2D eigenvalue weighted by molar-refractivity contribution is -0.122. The summed E-state index contributed by atoms with van der Waals surface area (Å²) in [6.07, 6.45) is -1.29. The first-order chi connectivity index (χ1) is 5.13. The highest BCUT2D eigenvalue weighted by atomic mass is 16.6. The Hall–Kier alpha value is -1.16. The molecule has 1 saturated heterocycles. The molecule has 2 rings (SSSR count). The number of aliphatic hydroxyl groups is 1. The van der Waals surface area contributed by atoms with E-state index in [1.807, 2.05) is 0 Å². The molecule has 4 nitrogen and oxygen atoms in total. The third kappa shape index (κ3) is 0.670. The largest absolute Gasteiger partial charge is 0.504 e. The van der Waals surface area contributed by atoms with Crippen LogP contribution < -0.4 is 0 Å². The normalized spacial score (nSPS) is 35.7. The number of fused-ring (bicyclic) bond motifs is 1. The number of ether oxygens (including phenoxy) is 1. The van der Waals surface area contributed by atoms with E-state index in [0.29, 0.717) is 0 Å². The van der Waals surface area contributed by atoms with Gasteiger partial charge in [0.25, 0.3) is 0 Å². The molecule has 1 aliphatic carbocycles. The highest BCUT2D eigenvalue weighted by molar-refractivity contribution is 6.17. The molecule has 0 aromatic heterocycles. The number of carbonyl (C=O) groups is 2. The molecule has 1 heterocycles. The van der Waals surface area contributed by atoms with Crippen LogP contribution in [0.3, 0.4) is 0 Å². The van der Waals surface area contributed by atoms with Gasteiger partial charge in [-0.1, -0.05) is 0 Å². The highest BCUT2D eigenvalue weighted by Crippen LogP contribution is 2.33. The van der Waals surface area contributed by atoms with Crippen molar-refractivity contribution < 1.29 is 19.4 Å². The van der Waals surface area contributed by atoms with Gasteiger partial charge >= 0.3 is 0 Å². The lowest BCUT2D eigenvalue weighted by Crippen LogP contribution is -2.26. The fourth-order valence-electron chi connectivity index (χ4n) is 1.16. The molecule has 0 amide bonds. The van der Waals surface area contributed by atoms with Crippen molar-refractivity contribution in [2.45, 2.75) is 19.1 Å². The Kier molecular flexibility index (Phi) is 1.02. The maximum Gasteiger partial charge on any atom is 0.229 e. The molecule has 1 fully saturated rings. The Labute approximate surface area is 62.5 Å². The summed E-state index contributed by atoms with van der Waals surface area (Å²) in [5.41, 5.74) is 0.119. The molecule has 1 aliphatic heterocycles. The second kappa shape index (κ2) is 1.71. The second-order valence-corrected chi connectivity index (χ2v) is 2.68. The van der Waals surface area contributed by atoms with Crippen molar-refractivity contribution in [1.82, 2.24) is 0 Å². The van der Waals surface area contributed by atoms with Gasteiger partial charge in [0.1, 0.15) is 0 Å². The van der Waals surface area contributed by atoms with E-state index in [0.717, 1.165) is 0 Å². The third-order valence-corrected chi connectivity index (χ3v) is 1.97. The predicted molar refractivity (Wildman–Crippen MR) is 34.0 cm³/mol. The summed E-state index contributed by atoms with van der Waals surface area (Å²) < 4.78 is 4.74. The minimum Gasteiger partial charge on any atom is -0.504 e. The Morgan fingerprint density at radius 2 is 1.82 bits per heavy atom. The van der Waals surface area contributed by atoms with Crippen LogP contribution >= 0.6 is 0 Å². The molecule has 2 aliphatic rings. The quantitative estimate of drug-likeness (QED) is 0.488. The van der Waals surface area contributed by atoms with Gasteiger partial charge in [-0.25, -0.2) is 0 Å². The lowest BCUT2D eigenvalue weighted by Gasteiger charge is -2.05. The Morgan fingerprint density at radius 1 is 1.27 bits per heavy atom. The van der Waals surface area contributed by atoms with Crippen LogP contribution in [0.1, 0.15) is 6.92 Å². The van der Waals surface area contributed by atoms with Crippen molar-refractivity contribution in [2.24, 2.45) is 0 Å². The van der Waals surface area contributed by atoms with Crippen molar-refractivity contribution in [3.8, 4) is 0 Å². The molecular weight excluding hydrogens is 148 g/mol. The molecule has 58 valence electrons. The first-order valence-corrected chi connectivity index (χ1v) is 3.26. The van der Waals surface area contributed by atoms with E-state index in [1.165, 1.54) is 6.92 Å². The van der Waals surface area contributed by atoms with E-state index >= 15 is 0 Å². The van der Waals surface area contributed by atoms with Crippen molar-refractivity contribution in [3.05, 3.63) is 11.3 Å². The van der Waals surface area contributed by atoms with E-state index < -0.39 is 23.8 Å². The molecule has 1 unspecified atom stereocenters. The molecule has 0 aromatic carbocycles. The maximum absolute atomic E-state index is 11.0. The number of rotatable bonds is 0. The molecule has 1 N–H and O–H groups in total. The van der Waals surface area contributed by atoms with Gasteiger partial charge in [-0.3, -0.25) is 9.59 Å². The topological polar surface area (TPSA) is 66.9 Å². The monoisotopic (exact) mass is 154 g/mol. The fourth-order valence-corrected chi connectivity index (χ4v) is 1.16. The molecule has 11 heavy (non-hydrogen) atoms. The number of aliphatic hydroxyl groups excluding tert-OH is 1. The number of carbonyl (C=O) groups excluding carboxylic acids is 2. The lowest BCUT2D eigenvalue weighted by atomic mass is 9.97. The predicted octanol–water partition coefficient (Wildman–Crippen LogP) is -0.262. The first-order valence-electron chi connectivity index (χ1n) is 3.26. The van der Waals surface area contributed by atoms with E-state index in [2.05, 4.69) is 0 Å². The van der Waals surface area contributed by atoms with Gasteiger partial charge in [0.15, 0.2) is 23.8 Å². The van der Waals surface area contributed by atoms with Crippen molar-refractivity contribution in [2.75, 3.05) is 0 Å². The van der Waals surface area contributed by atoms with E-state index in [4.69, 9.17) is 9.84 Å². The first kappa shape index (κ1) is 6.54. The molecule has 4 heteroatoms. The Morgan fingerprint density at radius 3 is 2.45 bits per heavy atom. The number of ketones is 2. The minimum atomic E-state index is -0.689. The summed E-state index contributed by atoms with van der Waals surface area (Å²) in [5, 5.41) is 9.04. The van der Waals surface area contributed by atoms with Crippen LogP contribution in [0.5, 0.6) is 0 Å². The van der Waals surface area contributed by atoms with Crippen molar-refractivity contribution in [3.63, 3.8) is 0 Å². The average molecular weight is 154 g/mol. The summed E-state index contributed by atoms with van der Waals surface area (Å²) in [6, 6.07) is 0. The number of epoxide rings is 1. The smallest absolute Gasteiger partial charge is 0.229 e. The number of Topliss-reactive ketones (excluding diaryl/α,β-unsaturated/α-hetero) is 2. The van der Waals surface area contributed by atoms with E-state index in [1.54, 1.807) is 0 Å². The van der Waals surface area contributed by atoms with Gasteiger partial charge in [0.05, 0.1) is 0 Å². The zero-order valence-corrected chi connectivity index (χ0v) is 5.83. The van der Waals surface area contributed by atoms with Crippen LogP contribution in [0.4, 0.5) is 0 Å². The van der Waals surface area contributed by atoms with Crippen molar-refractivity contribution in [1.29, 1.82) is 0 Å². The SMILES string of the molecule is CC1=C(O)C(=O)[C@@H]2OC2C1=O. The van der Waals surface area contributed by atoms with Crippen LogP contribution in [-0.2, 0) is 14.3 Å². The van der Waals surface area contributed by atoms with Crippen LogP contribution in [0.15, 0.2) is 11.3 Å². The minimum absolute atomic E-state index is 0.119. The Balaban J connectivity index is 2.47. The van der Waals surface area contributed by atoms with E-state index in [-0.39, 0.29) is 11.4 Å². The fraction of sp³-hybridized carbons (Fsp3) is 0.429. The zero-order chi connectivity index (χ0) is 8.17. The highest BCUT2D eigenvalue weighted by Gasteiger charge is 2.55. The molecule has 0 spiro atoms. The van der Waals surface area contributed by atoms with Gasteiger partial charge in [-0.05, 0) is 6.92 Å². The number of hydrogen-bond acceptors (Lipinski definition) is 4. The summed E-state index contributed by atoms with van der Waals surface area (Å²) in [7, 11) is 0. The summed E-state index contributed by atoms with van der Waals surface area (Å²) in [4.78, 5) is 22.0. The van der Waals surface area contributed by atoms with Crippen LogP contribution in [0, 0.1) is 0 Å². The van der Waals surface area contributed by atoms with Gasteiger partial charge in [-0.2, -0.15) is 0 Å². The summed E-state index contributed by atoms with van der Waals surface area (Å²) >= 11 is 0. The standard InChI is InChI=1S/C7H6O4/c1-2-3(8)5(10)7-6(11-7)4(2)9/h6-8H,1H3/t6?,7-/m0/s1. The molecular formula is C7H6O4. The Bertz CT molecular complexity index is 261. The van der Waals surface area contributed by atoms with Gasteiger partial charge in [-0.15, -0.1) is 0 Å². The second-order valence-electron chi connectivity index (χ2n) is 2.68. The molecule has 0 aromatic rings. The number of hydrogen-bond donors (Lipinski definition) is 1. The maximum atomic E-state index is 11.0. The zero-order valence-electron chi connectivity index (χ0n) is 5.83. The van der Waals surface area contributed by atoms with E-state index in [9.17, 15) is 9.59 Å². The molecule has 0 saturated carbocycles. The van der Waals surface area contributed by atoms with Gasteiger partial charge in [0, 0.05) is 5.57 Å². The van der Waals surface area contributed by atoms with Crippen LogP contribution in [0.2, 0.25) is 0 Å². The van der Waals surface area contributed by atoms with Crippen LogP contribution in [-0.4, -0.2) is 28.9 Å². The molecule has 2 atom stereocenters. The van der Waals surface area contributed by atoms with Gasteiger partial charge < -0.3 is 9.84 Å². The molecule has 0 bridgehead atoms. The molecule has 0 radical (unpaired) electrons. The van der Waals surface area contributed by atoms with Gasteiger partial charge in [0.2, 0.25) is 5.78 Å².